The molecule has 1 aromatic carbocycles. The van der Waals surface area contributed by atoms with E-state index in [2.05, 4.69) is 15.1 Å². The van der Waals surface area contributed by atoms with Crippen LogP contribution >= 0.6 is 0 Å². The van der Waals surface area contributed by atoms with Gasteiger partial charge in [-0.3, -0.25) is 4.68 Å². The Morgan fingerprint density at radius 2 is 1.88 bits per heavy atom. The number of halogens is 1. The summed E-state index contributed by atoms with van der Waals surface area (Å²) < 4.78 is 21.1. The molecule has 0 unspecified atom stereocenters. The van der Waals surface area contributed by atoms with Crippen molar-refractivity contribution < 1.29 is 9.13 Å². The summed E-state index contributed by atoms with van der Waals surface area (Å²) in [6.45, 7) is 2.30. The third-order valence-electron chi connectivity index (χ3n) is 4.53. The van der Waals surface area contributed by atoms with Gasteiger partial charge >= 0.3 is 0 Å². The Hall–Kier alpha value is -2.96. The van der Waals surface area contributed by atoms with E-state index in [1.165, 1.54) is 6.20 Å². The minimum atomic E-state index is -0.374. The maximum absolute atomic E-state index is 14.1. The maximum atomic E-state index is 14.1. The van der Waals surface area contributed by atoms with E-state index in [1.54, 1.807) is 13.3 Å². The molecule has 0 radical (unpaired) electrons. The van der Waals surface area contributed by atoms with Crippen LogP contribution in [-0.2, 0) is 6.54 Å². The molecule has 1 fully saturated rings. The lowest BCUT2D eigenvalue weighted by Gasteiger charge is -2.17. The van der Waals surface area contributed by atoms with Crippen molar-refractivity contribution >= 4 is 5.82 Å². The SMILES string of the molecule is COc1ccc(Cn2cc(-c3ncc(F)c(N4CCCC4)n3)cn2)cc1. The second kappa shape index (κ2) is 7.11. The Kier molecular flexibility index (Phi) is 4.51. The minimum Gasteiger partial charge on any atom is -0.497 e. The molecule has 0 amide bonds. The van der Waals surface area contributed by atoms with E-state index in [0.717, 1.165) is 42.8 Å². The van der Waals surface area contributed by atoms with Gasteiger partial charge in [0, 0.05) is 19.3 Å². The summed E-state index contributed by atoms with van der Waals surface area (Å²) in [4.78, 5) is 10.6. The molecule has 0 saturated carbocycles. The Morgan fingerprint density at radius 1 is 1.12 bits per heavy atom. The average Bonchev–Trinajstić information content (AvgIpc) is 3.35. The molecule has 2 aromatic heterocycles. The van der Waals surface area contributed by atoms with Gasteiger partial charge < -0.3 is 9.64 Å². The molecule has 0 N–H and O–H groups in total. The molecule has 3 heterocycles. The quantitative estimate of drug-likeness (QED) is 0.705. The van der Waals surface area contributed by atoms with Gasteiger partial charge in [0.15, 0.2) is 17.5 Å². The summed E-state index contributed by atoms with van der Waals surface area (Å²) in [6, 6.07) is 7.84. The highest BCUT2D eigenvalue weighted by molar-refractivity contribution is 5.55. The molecular weight excluding hydrogens is 333 g/mol. The lowest BCUT2D eigenvalue weighted by Crippen LogP contribution is -2.21. The number of hydrogen-bond acceptors (Lipinski definition) is 5. The first-order chi connectivity index (χ1) is 12.7. The number of aromatic nitrogens is 4. The standard InChI is InChI=1S/C19H20FN5O/c1-26-16-6-4-14(5-7-16)12-25-13-15(10-22-25)18-21-11-17(20)19(23-18)24-8-2-3-9-24/h4-7,10-11,13H,2-3,8-9,12H2,1H3. The van der Waals surface area contributed by atoms with E-state index >= 15 is 0 Å². The van der Waals surface area contributed by atoms with Crippen LogP contribution in [0.5, 0.6) is 5.75 Å². The Labute approximate surface area is 151 Å². The molecule has 6 nitrogen and oxygen atoms in total. The molecule has 1 aliphatic rings. The number of anilines is 1. The first-order valence-corrected chi connectivity index (χ1v) is 8.66. The molecule has 1 saturated heterocycles. The van der Waals surface area contributed by atoms with Gasteiger partial charge in [-0.15, -0.1) is 0 Å². The van der Waals surface area contributed by atoms with Gasteiger partial charge in [0.2, 0.25) is 0 Å². The Balaban J connectivity index is 1.54. The summed E-state index contributed by atoms with van der Waals surface area (Å²) in [7, 11) is 1.65. The zero-order valence-corrected chi connectivity index (χ0v) is 14.6. The fraction of sp³-hybridized carbons (Fsp3) is 0.316. The summed E-state index contributed by atoms with van der Waals surface area (Å²) in [6.07, 6.45) is 6.98. The van der Waals surface area contributed by atoms with Crippen LogP contribution in [0.25, 0.3) is 11.4 Å². The van der Waals surface area contributed by atoms with Crippen molar-refractivity contribution in [2.75, 3.05) is 25.1 Å². The van der Waals surface area contributed by atoms with Gasteiger partial charge in [0.1, 0.15) is 5.75 Å². The maximum Gasteiger partial charge on any atom is 0.183 e. The van der Waals surface area contributed by atoms with Crippen LogP contribution in [-0.4, -0.2) is 39.9 Å². The van der Waals surface area contributed by atoms with E-state index in [4.69, 9.17) is 4.74 Å². The fourth-order valence-electron chi connectivity index (χ4n) is 3.13. The molecule has 7 heteroatoms. The van der Waals surface area contributed by atoms with Crippen LogP contribution in [0.4, 0.5) is 10.2 Å². The third kappa shape index (κ3) is 3.37. The van der Waals surface area contributed by atoms with Crippen LogP contribution in [0.1, 0.15) is 18.4 Å². The molecule has 134 valence electrons. The fourth-order valence-corrected chi connectivity index (χ4v) is 3.13. The molecule has 0 aliphatic carbocycles. The smallest absolute Gasteiger partial charge is 0.183 e. The molecule has 3 aromatic rings. The highest BCUT2D eigenvalue weighted by atomic mass is 19.1. The second-order valence-electron chi connectivity index (χ2n) is 6.33. The van der Waals surface area contributed by atoms with E-state index in [9.17, 15) is 4.39 Å². The molecular formula is C19H20FN5O. The topological polar surface area (TPSA) is 56.1 Å². The van der Waals surface area contributed by atoms with Crippen molar-refractivity contribution in [2.45, 2.75) is 19.4 Å². The van der Waals surface area contributed by atoms with Crippen molar-refractivity contribution in [2.24, 2.45) is 0 Å². The lowest BCUT2D eigenvalue weighted by atomic mass is 10.2. The number of ether oxygens (including phenoxy) is 1. The van der Waals surface area contributed by atoms with Gasteiger partial charge in [-0.2, -0.15) is 5.10 Å². The summed E-state index contributed by atoms with van der Waals surface area (Å²) in [5, 5.41) is 4.38. The van der Waals surface area contributed by atoms with Gasteiger partial charge in [-0.1, -0.05) is 12.1 Å². The highest BCUT2D eigenvalue weighted by Gasteiger charge is 2.19. The number of rotatable bonds is 5. The first kappa shape index (κ1) is 16.5. The minimum absolute atomic E-state index is 0.374. The van der Waals surface area contributed by atoms with Crippen LogP contribution in [0.15, 0.2) is 42.9 Å². The number of nitrogens with zero attached hydrogens (tertiary/aromatic N) is 5. The Morgan fingerprint density at radius 3 is 2.62 bits per heavy atom. The van der Waals surface area contributed by atoms with Crippen molar-refractivity contribution in [3.8, 4) is 17.1 Å². The monoisotopic (exact) mass is 353 g/mol. The number of benzene rings is 1. The third-order valence-corrected chi connectivity index (χ3v) is 4.53. The predicted octanol–water partition coefficient (Wildman–Crippen LogP) is 3.14. The number of hydrogen-bond donors (Lipinski definition) is 0. The molecule has 0 spiro atoms. The highest BCUT2D eigenvalue weighted by Crippen LogP contribution is 2.24. The van der Waals surface area contributed by atoms with Crippen LogP contribution in [0.3, 0.4) is 0 Å². The Bertz CT molecular complexity index is 887. The zero-order valence-electron chi connectivity index (χ0n) is 14.6. The van der Waals surface area contributed by atoms with Crippen LogP contribution < -0.4 is 9.64 Å². The molecule has 4 rings (SSSR count). The average molecular weight is 353 g/mol. The van der Waals surface area contributed by atoms with Crippen molar-refractivity contribution in [3.05, 3.63) is 54.2 Å². The van der Waals surface area contributed by atoms with E-state index in [-0.39, 0.29) is 5.82 Å². The van der Waals surface area contributed by atoms with Crippen molar-refractivity contribution in [3.63, 3.8) is 0 Å². The predicted molar refractivity (Wildman–Crippen MR) is 96.8 cm³/mol. The molecule has 0 atom stereocenters. The molecule has 1 aliphatic heterocycles. The largest absolute Gasteiger partial charge is 0.497 e. The zero-order chi connectivity index (χ0) is 17.9. The summed E-state index contributed by atoms with van der Waals surface area (Å²) in [5.41, 5.74) is 1.89. The van der Waals surface area contributed by atoms with Gasteiger partial charge in [-0.25, -0.2) is 14.4 Å². The second-order valence-corrected chi connectivity index (χ2v) is 6.33. The summed E-state index contributed by atoms with van der Waals surface area (Å²) in [5.74, 6) is 1.33. The van der Waals surface area contributed by atoms with Gasteiger partial charge in [-0.05, 0) is 30.5 Å². The van der Waals surface area contributed by atoms with Crippen molar-refractivity contribution in [1.82, 2.24) is 19.7 Å². The van der Waals surface area contributed by atoms with Gasteiger partial charge in [0.25, 0.3) is 0 Å². The van der Waals surface area contributed by atoms with Gasteiger partial charge in [0.05, 0.1) is 31.6 Å². The normalized spacial score (nSPS) is 14.0. The van der Waals surface area contributed by atoms with E-state index in [0.29, 0.717) is 18.2 Å². The molecule has 26 heavy (non-hydrogen) atoms. The first-order valence-electron chi connectivity index (χ1n) is 8.66. The molecule has 0 bridgehead atoms. The lowest BCUT2D eigenvalue weighted by molar-refractivity contribution is 0.414. The van der Waals surface area contributed by atoms with Crippen LogP contribution in [0.2, 0.25) is 0 Å². The number of methoxy groups -OCH3 is 1. The van der Waals surface area contributed by atoms with E-state index in [1.807, 2.05) is 40.0 Å². The summed E-state index contributed by atoms with van der Waals surface area (Å²) >= 11 is 0. The van der Waals surface area contributed by atoms with Crippen molar-refractivity contribution in [1.29, 1.82) is 0 Å². The van der Waals surface area contributed by atoms with Crippen LogP contribution in [0, 0.1) is 5.82 Å². The van der Waals surface area contributed by atoms with E-state index < -0.39 is 0 Å².